The standard InChI is InChI=1S/C7H7N3OS/c1-3-6(11)10-7-4(9-3)2-5(8)12-7/h2,4H,8H2,1H3. The average molecular weight is 181 g/mol. The number of nitrogens with zero attached hydrogens (tertiary/aromatic N) is 2. The number of hydrogen-bond acceptors (Lipinski definition) is 4. The molecule has 0 fully saturated rings. The Hall–Kier alpha value is -1.10. The quantitative estimate of drug-likeness (QED) is 0.584. The number of fused-ring (bicyclic) bond motifs is 1. The number of carbonyl (C=O) groups is 1. The van der Waals surface area contributed by atoms with Gasteiger partial charge in [0.25, 0.3) is 5.91 Å². The fraction of sp³-hybridized carbons (Fsp3) is 0.286. The van der Waals surface area contributed by atoms with E-state index in [-0.39, 0.29) is 11.9 Å². The smallest absolute Gasteiger partial charge is 0.291 e. The van der Waals surface area contributed by atoms with Gasteiger partial charge in [0.05, 0.1) is 10.7 Å². The zero-order valence-electron chi connectivity index (χ0n) is 6.44. The Labute approximate surface area is 73.6 Å². The molecule has 2 N–H and O–H groups in total. The lowest BCUT2D eigenvalue weighted by molar-refractivity contribution is -0.111. The molecule has 5 heteroatoms. The molecular weight excluding hydrogens is 174 g/mol. The van der Waals surface area contributed by atoms with Crippen molar-refractivity contribution in [2.24, 2.45) is 15.7 Å². The highest BCUT2D eigenvalue weighted by atomic mass is 32.2. The monoisotopic (exact) mass is 181 g/mol. The van der Waals surface area contributed by atoms with Crippen LogP contribution in [-0.2, 0) is 4.79 Å². The zero-order chi connectivity index (χ0) is 8.72. The van der Waals surface area contributed by atoms with Crippen molar-refractivity contribution in [3.05, 3.63) is 11.1 Å². The molecule has 0 aliphatic carbocycles. The summed E-state index contributed by atoms with van der Waals surface area (Å²) in [6.45, 7) is 1.66. The summed E-state index contributed by atoms with van der Waals surface area (Å²) < 4.78 is 0. The summed E-state index contributed by atoms with van der Waals surface area (Å²) in [5, 5.41) is 1.37. The van der Waals surface area contributed by atoms with Gasteiger partial charge in [-0.15, -0.1) is 0 Å². The lowest BCUT2D eigenvalue weighted by Gasteiger charge is -2.09. The van der Waals surface area contributed by atoms with E-state index in [9.17, 15) is 4.79 Å². The molecule has 12 heavy (non-hydrogen) atoms. The Kier molecular flexibility index (Phi) is 1.54. The van der Waals surface area contributed by atoms with Crippen LogP contribution in [0.2, 0.25) is 0 Å². The van der Waals surface area contributed by atoms with Crippen molar-refractivity contribution in [2.45, 2.75) is 13.0 Å². The summed E-state index contributed by atoms with van der Waals surface area (Å²) in [7, 11) is 0. The van der Waals surface area contributed by atoms with Gasteiger partial charge < -0.3 is 5.73 Å². The van der Waals surface area contributed by atoms with Crippen molar-refractivity contribution in [3.8, 4) is 0 Å². The van der Waals surface area contributed by atoms with Gasteiger partial charge in [-0.25, -0.2) is 4.99 Å². The highest BCUT2D eigenvalue weighted by Crippen LogP contribution is 2.28. The molecule has 0 aromatic carbocycles. The summed E-state index contributed by atoms with van der Waals surface area (Å²) in [6.07, 6.45) is 1.80. The molecule has 0 bridgehead atoms. The first kappa shape index (κ1) is 7.54. The van der Waals surface area contributed by atoms with Gasteiger partial charge in [-0.2, -0.15) is 0 Å². The molecule has 4 nitrogen and oxygen atoms in total. The predicted molar refractivity (Wildman–Crippen MR) is 49.2 cm³/mol. The van der Waals surface area contributed by atoms with Gasteiger partial charge in [0, 0.05) is 0 Å². The van der Waals surface area contributed by atoms with Crippen LogP contribution in [0.3, 0.4) is 0 Å². The number of aliphatic imine (C=N–C) groups is 2. The Morgan fingerprint density at radius 3 is 3.17 bits per heavy atom. The van der Waals surface area contributed by atoms with E-state index in [0.717, 1.165) is 0 Å². The van der Waals surface area contributed by atoms with E-state index >= 15 is 0 Å². The van der Waals surface area contributed by atoms with E-state index in [1.807, 2.05) is 0 Å². The largest absolute Gasteiger partial charge is 0.393 e. The van der Waals surface area contributed by atoms with E-state index in [2.05, 4.69) is 9.98 Å². The highest BCUT2D eigenvalue weighted by Gasteiger charge is 2.27. The first-order valence-electron chi connectivity index (χ1n) is 3.49. The number of thioether (sulfide) groups is 1. The Balaban J connectivity index is 2.38. The minimum Gasteiger partial charge on any atom is -0.393 e. The lowest BCUT2D eigenvalue weighted by atomic mass is 10.2. The second kappa shape index (κ2) is 2.45. The van der Waals surface area contributed by atoms with Crippen molar-refractivity contribution in [1.82, 2.24) is 0 Å². The minimum atomic E-state index is -0.253. The SMILES string of the molecule is CC1=NC2C=C(N)SC2=NC1=O. The molecule has 2 heterocycles. The van der Waals surface area contributed by atoms with Gasteiger partial charge >= 0.3 is 0 Å². The molecule has 62 valence electrons. The molecular formula is C7H7N3OS. The Bertz CT molecular complexity index is 343. The maximum Gasteiger partial charge on any atom is 0.291 e. The molecule has 0 aromatic heterocycles. The van der Waals surface area contributed by atoms with E-state index in [1.54, 1.807) is 13.0 Å². The predicted octanol–water partition coefficient (Wildman–Crippen LogP) is 0.301. The lowest BCUT2D eigenvalue weighted by Crippen LogP contribution is -2.22. The first-order valence-corrected chi connectivity index (χ1v) is 4.31. The van der Waals surface area contributed by atoms with Crippen molar-refractivity contribution in [1.29, 1.82) is 0 Å². The third-order valence-electron chi connectivity index (χ3n) is 1.65. The van der Waals surface area contributed by atoms with Crippen LogP contribution in [0.5, 0.6) is 0 Å². The molecule has 2 aliphatic heterocycles. The summed E-state index contributed by atoms with van der Waals surface area (Å²) in [5.74, 6) is -0.253. The van der Waals surface area contributed by atoms with Gasteiger partial charge in [-0.1, -0.05) is 11.8 Å². The number of rotatable bonds is 0. The van der Waals surface area contributed by atoms with Crippen molar-refractivity contribution >= 4 is 28.4 Å². The maximum atomic E-state index is 11.0. The van der Waals surface area contributed by atoms with Gasteiger partial charge in [0.2, 0.25) is 0 Å². The van der Waals surface area contributed by atoms with Crippen LogP contribution in [0.15, 0.2) is 21.1 Å². The first-order chi connectivity index (χ1) is 5.66. The fourth-order valence-electron chi connectivity index (χ4n) is 1.07. The highest BCUT2D eigenvalue weighted by molar-refractivity contribution is 8.17. The second-order valence-corrected chi connectivity index (χ2v) is 3.68. The van der Waals surface area contributed by atoms with E-state index < -0.39 is 0 Å². The van der Waals surface area contributed by atoms with Crippen molar-refractivity contribution in [2.75, 3.05) is 0 Å². The molecule has 0 spiro atoms. The van der Waals surface area contributed by atoms with E-state index in [4.69, 9.17) is 5.73 Å². The molecule has 1 amide bonds. The maximum absolute atomic E-state index is 11.0. The van der Waals surface area contributed by atoms with E-state index in [1.165, 1.54) is 11.8 Å². The molecule has 0 aromatic rings. The third-order valence-corrected chi connectivity index (χ3v) is 2.57. The molecule has 2 rings (SSSR count). The van der Waals surface area contributed by atoms with Crippen LogP contribution in [0, 0.1) is 0 Å². The molecule has 0 saturated carbocycles. The van der Waals surface area contributed by atoms with Gasteiger partial charge in [0.1, 0.15) is 11.1 Å². The van der Waals surface area contributed by atoms with Gasteiger partial charge in [-0.3, -0.25) is 9.79 Å². The van der Waals surface area contributed by atoms with E-state index in [0.29, 0.717) is 15.8 Å². The summed E-state index contributed by atoms with van der Waals surface area (Å²) in [4.78, 5) is 19.0. The minimum absolute atomic E-state index is 0.104. The number of amides is 1. The number of carbonyl (C=O) groups excluding carboxylic acids is 1. The van der Waals surface area contributed by atoms with Crippen LogP contribution in [0.4, 0.5) is 0 Å². The van der Waals surface area contributed by atoms with Gasteiger partial charge in [0.15, 0.2) is 0 Å². The van der Waals surface area contributed by atoms with Crippen LogP contribution in [-0.4, -0.2) is 22.7 Å². The Morgan fingerprint density at radius 1 is 1.67 bits per heavy atom. The molecule has 1 atom stereocenters. The van der Waals surface area contributed by atoms with Crippen LogP contribution < -0.4 is 5.73 Å². The van der Waals surface area contributed by atoms with Crippen molar-refractivity contribution < 1.29 is 4.79 Å². The third kappa shape index (κ3) is 1.06. The average Bonchev–Trinajstić information content (AvgIpc) is 2.30. The fourth-order valence-corrected chi connectivity index (χ4v) is 1.88. The normalized spacial score (nSPS) is 27.6. The van der Waals surface area contributed by atoms with Crippen molar-refractivity contribution in [3.63, 3.8) is 0 Å². The molecule has 2 aliphatic rings. The van der Waals surface area contributed by atoms with Gasteiger partial charge in [-0.05, 0) is 13.0 Å². The topological polar surface area (TPSA) is 67.8 Å². The molecule has 1 unspecified atom stereocenters. The second-order valence-electron chi connectivity index (χ2n) is 2.59. The zero-order valence-corrected chi connectivity index (χ0v) is 7.26. The Morgan fingerprint density at radius 2 is 2.42 bits per heavy atom. The summed E-state index contributed by atoms with van der Waals surface area (Å²) in [6, 6.07) is -0.104. The van der Waals surface area contributed by atoms with Crippen LogP contribution in [0.1, 0.15) is 6.92 Å². The van der Waals surface area contributed by atoms with Crippen LogP contribution >= 0.6 is 11.8 Å². The molecule has 0 radical (unpaired) electrons. The summed E-state index contributed by atoms with van der Waals surface area (Å²) in [5.41, 5.74) is 6.00. The number of nitrogens with two attached hydrogens (primary N) is 1. The summed E-state index contributed by atoms with van der Waals surface area (Å²) >= 11 is 1.32. The van der Waals surface area contributed by atoms with Crippen LogP contribution in [0.25, 0.3) is 0 Å². The number of hydrogen-bond donors (Lipinski definition) is 1. The molecule has 0 saturated heterocycles.